The number of likely N-dealkylation sites (N-methyl/N-ethyl adjacent to an activating group) is 1. The van der Waals surface area contributed by atoms with Crippen LogP contribution in [0.1, 0.15) is 21.6 Å². The average molecular weight is 730 g/mol. The fourth-order valence-electron chi connectivity index (χ4n) is 4.62. The van der Waals surface area contributed by atoms with Gasteiger partial charge in [-0.25, -0.2) is 14.8 Å². The first kappa shape index (κ1) is 37.8. The minimum Gasteiger partial charge on any atom is -0.487 e. The second-order valence-corrected chi connectivity index (χ2v) is 11.1. The normalized spacial score (nSPS) is 10.3. The Morgan fingerprint density at radius 1 is 0.875 bits per heavy atom. The van der Waals surface area contributed by atoms with E-state index in [0.29, 0.717) is 39.1 Å². The zero-order chi connectivity index (χ0) is 32.8. The molecule has 0 aliphatic rings. The van der Waals surface area contributed by atoms with E-state index in [2.05, 4.69) is 20.6 Å². The number of aryl methyl sites for hydroxylation is 1. The molecule has 0 saturated heterocycles. The molecule has 2 heterocycles. The summed E-state index contributed by atoms with van der Waals surface area (Å²) in [4.78, 5) is 50.2. The highest BCUT2D eigenvalue weighted by atomic mass is 35.5. The second-order valence-electron chi connectivity index (χ2n) is 10.3. The molecule has 2 aromatic heterocycles. The summed E-state index contributed by atoms with van der Waals surface area (Å²) in [6, 6.07) is 23.9. The van der Waals surface area contributed by atoms with Crippen LogP contribution in [0.4, 0.5) is 22.0 Å². The van der Waals surface area contributed by atoms with Gasteiger partial charge in [0.15, 0.2) is 0 Å². The highest BCUT2D eigenvalue weighted by molar-refractivity contribution is 6.38. The van der Waals surface area contributed by atoms with Crippen LogP contribution < -0.4 is 25.2 Å². The number of pyridine rings is 2. The van der Waals surface area contributed by atoms with Crippen molar-refractivity contribution >= 4 is 94.0 Å². The zero-order valence-corrected chi connectivity index (χ0v) is 29.2. The third-order valence-corrected chi connectivity index (χ3v) is 7.94. The summed E-state index contributed by atoms with van der Waals surface area (Å²) in [6.45, 7) is 1.63. The van der Waals surface area contributed by atoms with Crippen LogP contribution in [-0.4, -0.2) is 48.5 Å². The molecule has 0 radical (unpaired) electrons. The molecule has 0 saturated carbocycles. The number of hydrogen-bond donors (Lipinski definition) is 2. The maximum absolute atomic E-state index is 13.1. The summed E-state index contributed by atoms with van der Waals surface area (Å²) >= 11 is 13.2. The maximum Gasteiger partial charge on any atom is 0.319 e. The lowest BCUT2D eigenvalue weighted by atomic mass is 10.1. The van der Waals surface area contributed by atoms with Gasteiger partial charge in [-0.3, -0.25) is 14.5 Å². The molecule has 14 heteroatoms. The quantitative estimate of drug-likeness (QED) is 0.160. The molecule has 0 bridgehead atoms. The van der Waals surface area contributed by atoms with Gasteiger partial charge in [0.05, 0.1) is 17.3 Å². The molecule has 0 fully saturated rings. The van der Waals surface area contributed by atoms with Crippen molar-refractivity contribution < 1.29 is 19.1 Å². The highest BCUT2D eigenvalue weighted by Gasteiger charge is 2.20. The number of anilines is 3. The Hall–Kier alpha value is -4.61. The number of urea groups is 1. The van der Waals surface area contributed by atoms with Gasteiger partial charge in [-0.2, -0.15) is 0 Å². The number of carbonyl (C=O) groups excluding carboxylic acids is 3. The number of amides is 4. The van der Waals surface area contributed by atoms with Gasteiger partial charge in [0, 0.05) is 53.2 Å². The van der Waals surface area contributed by atoms with Crippen molar-refractivity contribution in [2.75, 3.05) is 35.8 Å². The topological polar surface area (TPSA) is 117 Å². The number of para-hydroxylation sites is 1. The number of aromatic nitrogens is 2. The van der Waals surface area contributed by atoms with Crippen LogP contribution in [0.25, 0.3) is 10.9 Å². The number of nitrogens with one attached hydrogen (secondary N) is 2. The molecule has 250 valence electrons. The van der Waals surface area contributed by atoms with Gasteiger partial charge in [0.25, 0.3) is 5.91 Å². The largest absolute Gasteiger partial charge is 0.487 e. The molecular weight excluding hydrogens is 698 g/mol. The molecule has 48 heavy (non-hydrogen) atoms. The Morgan fingerprint density at radius 2 is 1.65 bits per heavy atom. The van der Waals surface area contributed by atoms with Crippen molar-refractivity contribution in [3.05, 3.63) is 118 Å². The van der Waals surface area contributed by atoms with Crippen LogP contribution in [0.3, 0.4) is 0 Å². The van der Waals surface area contributed by atoms with Crippen molar-refractivity contribution in [2.45, 2.75) is 13.5 Å². The van der Waals surface area contributed by atoms with Crippen LogP contribution in [0.2, 0.25) is 10.0 Å². The van der Waals surface area contributed by atoms with E-state index in [-0.39, 0.29) is 48.9 Å². The van der Waals surface area contributed by atoms with Crippen molar-refractivity contribution in [1.29, 1.82) is 0 Å². The van der Waals surface area contributed by atoms with Crippen LogP contribution in [0.15, 0.2) is 91.1 Å². The Bertz CT molecular complexity index is 1930. The molecule has 4 amide bonds. The number of carbonyl (C=O) groups is 3. The van der Waals surface area contributed by atoms with E-state index in [0.717, 1.165) is 16.6 Å². The summed E-state index contributed by atoms with van der Waals surface area (Å²) in [5.74, 6) is 0.339. The summed E-state index contributed by atoms with van der Waals surface area (Å²) < 4.78 is 6.08. The van der Waals surface area contributed by atoms with Crippen molar-refractivity contribution in [3.63, 3.8) is 0 Å². The number of ether oxygens (including phenoxy) is 1. The van der Waals surface area contributed by atoms with Crippen LogP contribution in [-0.2, 0) is 11.4 Å². The number of nitrogens with zero attached hydrogens (tertiary/aromatic N) is 4. The summed E-state index contributed by atoms with van der Waals surface area (Å²) in [7, 11) is 3.16. The first-order chi connectivity index (χ1) is 22.1. The van der Waals surface area contributed by atoms with E-state index in [4.69, 9.17) is 27.9 Å². The van der Waals surface area contributed by atoms with Crippen LogP contribution >= 0.6 is 48.0 Å². The van der Waals surface area contributed by atoms with E-state index >= 15 is 0 Å². The van der Waals surface area contributed by atoms with E-state index in [1.165, 1.54) is 9.80 Å². The Balaban J connectivity index is 0.00000312. The lowest BCUT2D eigenvalue weighted by Gasteiger charge is -2.21. The van der Waals surface area contributed by atoms with Crippen molar-refractivity contribution in [2.24, 2.45) is 0 Å². The molecule has 3 aromatic carbocycles. The summed E-state index contributed by atoms with van der Waals surface area (Å²) in [6.07, 6.45) is 1.60. The molecule has 0 aliphatic heterocycles. The summed E-state index contributed by atoms with van der Waals surface area (Å²) in [5.41, 5.74) is 3.20. The number of benzene rings is 3. The van der Waals surface area contributed by atoms with Gasteiger partial charge < -0.3 is 20.3 Å². The molecular formula is C34H32Cl4N6O4. The maximum atomic E-state index is 13.1. The molecule has 0 aliphatic carbocycles. The lowest BCUT2D eigenvalue weighted by molar-refractivity contribution is -0.117. The van der Waals surface area contributed by atoms with Crippen LogP contribution in [0, 0.1) is 6.92 Å². The summed E-state index contributed by atoms with van der Waals surface area (Å²) in [5, 5.41) is 6.76. The average Bonchev–Trinajstić information content (AvgIpc) is 3.06. The number of halogens is 4. The Kier molecular flexibility index (Phi) is 13.4. The smallest absolute Gasteiger partial charge is 0.319 e. The van der Waals surface area contributed by atoms with E-state index in [1.807, 2.05) is 37.3 Å². The third-order valence-electron chi connectivity index (χ3n) is 7.16. The first-order valence-corrected chi connectivity index (χ1v) is 14.9. The van der Waals surface area contributed by atoms with Crippen LogP contribution in [0.5, 0.6) is 5.75 Å². The highest BCUT2D eigenvalue weighted by Crippen LogP contribution is 2.35. The zero-order valence-electron chi connectivity index (χ0n) is 26.1. The minimum absolute atomic E-state index is 0. The van der Waals surface area contributed by atoms with Gasteiger partial charge in [0.2, 0.25) is 5.91 Å². The van der Waals surface area contributed by atoms with Gasteiger partial charge in [-0.05, 0) is 61.5 Å². The lowest BCUT2D eigenvalue weighted by Crippen LogP contribution is -2.40. The standard InChI is InChI=1S/C34H30Cl2N6O4.2ClH/c1-21-13-14-22-8-7-11-28(32(22)39-21)46-20-25-26(35)15-16-27(31(25)36)41(2)30(43)19-38-34(45)40-24-10-6-9-23(18-24)33(44)42(3)29-12-4-5-17-37-29;;/h4-18H,19-20H2,1-3H3,(H2,38,40,45);2*1H. The minimum atomic E-state index is -0.625. The second kappa shape index (κ2) is 17.0. The molecule has 10 nitrogen and oxygen atoms in total. The molecule has 5 rings (SSSR count). The van der Waals surface area contributed by atoms with Gasteiger partial charge in [0.1, 0.15) is 23.7 Å². The predicted molar refractivity (Wildman–Crippen MR) is 196 cm³/mol. The van der Waals surface area contributed by atoms with Crippen molar-refractivity contribution in [1.82, 2.24) is 15.3 Å². The van der Waals surface area contributed by atoms with Gasteiger partial charge in [-0.1, -0.05) is 53.5 Å². The molecule has 0 spiro atoms. The molecule has 5 aromatic rings. The molecule has 0 atom stereocenters. The SMILES string of the molecule is Cc1ccc2cccc(OCc3c(Cl)ccc(N(C)C(=O)CNC(=O)Nc4cccc(C(=O)N(C)c5ccccn5)c4)c3Cl)c2n1.Cl.Cl. The van der Waals surface area contributed by atoms with E-state index in [9.17, 15) is 14.4 Å². The number of rotatable bonds is 9. The monoisotopic (exact) mass is 728 g/mol. The van der Waals surface area contributed by atoms with E-state index in [1.54, 1.807) is 74.9 Å². The number of hydrogen-bond acceptors (Lipinski definition) is 6. The van der Waals surface area contributed by atoms with E-state index < -0.39 is 11.9 Å². The Labute approximate surface area is 300 Å². The van der Waals surface area contributed by atoms with Gasteiger partial charge in [-0.15, -0.1) is 24.8 Å². The fraction of sp³-hybridized carbons (Fsp3) is 0.147. The van der Waals surface area contributed by atoms with Gasteiger partial charge >= 0.3 is 6.03 Å². The number of fused-ring (bicyclic) bond motifs is 1. The molecule has 2 N–H and O–H groups in total. The Morgan fingerprint density at radius 3 is 2.40 bits per heavy atom. The predicted octanol–water partition coefficient (Wildman–Crippen LogP) is 7.73. The third kappa shape index (κ3) is 8.84. The van der Waals surface area contributed by atoms with Crippen molar-refractivity contribution in [3.8, 4) is 5.75 Å². The molecule has 0 unspecified atom stereocenters. The fourth-order valence-corrected chi connectivity index (χ4v) is 5.23. The first-order valence-electron chi connectivity index (χ1n) is 14.2.